The number of rotatable bonds is 6. The van der Waals surface area contributed by atoms with E-state index in [1.165, 1.54) is 6.08 Å². The number of benzene rings is 2. The second kappa shape index (κ2) is 9.25. The zero-order chi connectivity index (χ0) is 18.2. The van der Waals surface area contributed by atoms with Crippen LogP contribution in [0.1, 0.15) is 24.1 Å². The third-order valence-electron chi connectivity index (χ3n) is 3.35. The van der Waals surface area contributed by atoms with E-state index in [9.17, 15) is 9.59 Å². The van der Waals surface area contributed by atoms with Crippen molar-refractivity contribution in [2.24, 2.45) is 0 Å². The summed E-state index contributed by atoms with van der Waals surface area (Å²) in [5.41, 5.74) is 1.68. The molecule has 0 spiro atoms. The molecule has 6 heteroatoms. The van der Waals surface area contributed by atoms with Crippen molar-refractivity contribution in [3.63, 3.8) is 0 Å². The van der Waals surface area contributed by atoms with Crippen LogP contribution < -0.4 is 5.32 Å². The van der Waals surface area contributed by atoms with Crippen LogP contribution in [0.25, 0.3) is 6.08 Å². The van der Waals surface area contributed by atoms with Gasteiger partial charge in [-0.2, -0.15) is 0 Å². The average Bonchev–Trinajstić information content (AvgIpc) is 2.58. The minimum absolute atomic E-state index is 0.217. The minimum Gasteiger partial charge on any atom is -0.452 e. The summed E-state index contributed by atoms with van der Waals surface area (Å²) < 4.78 is 4.92. The molecule has 0 saturated heterocycles. The molecular weight excluding hydrogens is 361 g/mol. The van der Waals surface area contributed by atoms with Gasteiger partial charge in [0.15, 0.2) is 6.61 Å². The van der Waals surface area contributed by atoms with E-state index in [0.717, 1.165) is 11.1 Å². The molecule has 0 aromatic heterocycles. The van der Waals surface area contributed by atoms with E-state index in [4.69, 9.17) is 27.9 Å². The zero-order valence-electron chi connectivity index (χ0n) is 13.5. The van der Waals surface area contributed by atoms with Gasteiger partial charge < -0.3 is 10.1 Å². The van der Waals surface area contributed by atoms with Crippen LogP contribution in [0.2, 0.25) is 10.0 Å². The molecule has 0 aliphatic carbocycles. The van der Waals surface area contributed by atoms with Gasteiger partial charge in [-0.05, 0) is 48.4 Å². The lowest BCUT2D eigenvalue weighted by atomic mass is 10.1. The Labute approximate surface area is 156 Å². The number of amides is 1. The van der Waals surface area contributed by atoms with Gasteiger partial charge in [0.25, 0.3) is 5.91 Å². The summed E-state index contributed by atoms with van der Waals surface area (Å²) in [6, 6.07) is 14.0. The SMILES string of the molecule is C[C@H](NC(=O)COC(=O)/C=C/c1cccc(Cl)c1)c1ccc(Cl)cc1. The van der Waals surface area contributed by atoms with Crippen LogP contribution in [0.3, 0.4) is 0 Å². The fourth-order valence-corrected chi connectivity index (χ4v) is 2.40. The largest absolute Gasteiger partial charge is 0.452 e. The lowest BCUT2D eigenvalue weighted by Gasteiger charge is -2.14. The first-order valence-corrected chi connectivity index (χ1v) is 8.35. The van der Waals surface area contributed by atoms with Gasteiger partial charge in [0.05, 0.1) is 6.04 Å². The van der Waals surface area contributed by atoms with Gasteiger partial charge in [0.2, 0.25) is 0 Å². The molecule has 2 rings (SSSR count). The van der Waals surface area contributed by atoms with E-state index < -0.39 is 5.97 Å². The highest BCUT2D eigenvalue weighted by Gasteiger charge is 2.11. The van der Waals surface area contributed by atoms with Crippen LogP contribution in [0, 0.1) is 0 Å². The first-order valence-electron chi connectivity index (χ1n) is 7.59. The quantitative estimate of drug-likeness (QED) is 0.598. The van der Waals surface area contributed by atoms with Crippen LogP contribution in [0.5, 0.6) is 0 Å². The molecule has 2 aromatic rings. The molecule has 1 atom stereocenters. The molecule has 2 aromatic carbocycles. The summed E-state index contributed by atoms with van der Waals surface area (Å²) in [6.45, 7) is 1.48. The van der Waals surface area contributed by atoms with Crippen molar-refractivity contribution < 1.29 is 14.3 Å². The maximum absolute atomic E-state index is 11.9. The molecule has 0 aliphatic heterocycles. The molecule has 0 radical (unpaired) electrons. The summed E-state index contributed by atoms with van der Waals surface area (Å²) in [5, 5.41) is 3.95. The number of ether oxygens (including phenoxy) is 1. The van der Waals surface area contributed by atoms with Gasteiger partial charge in [-0.25, -0.2) is 4.79 Å². The van der Waals surface area contributed by atoms with Gasteiger partial charge in [-0.15, -0.1) is 0 Å². The summed E-state index contributed by atoms with van der Waals surface area (Å²) in [4.78, 5) is 23.5. The highest BCUT2D eigenvalue weighted by atomic mass is 35.5. The molecule has 0 aliphatic rings. The molecule has 0 bridgehead atoms. The van der Waals surface area contributed by atoms with Gasteiger partial charge in [0.1, 0.15) is 0 Å². The van der Waals surface area contributed by atoms with Crippen molar-refractivity contribution in [3.8, 4) is 0 Å². The standard InChI is InChI=1S/C19H17Cl2NO3/c1-13(15-6-8-16(20)9-7-15)22-18(23)12-25-19(24)10-5-14-3-2-4-17(21)11-14/h2-11,13H,12H2,1H3,(H,22,23)/b10-5+/t13-/m0/s1. The molecule has 130 valence electrons. The fourth-order valence-electron chi connectivity index (χ4n) is 2.08. The molecule has 0 heterocycles. The Morgan fingerprint density at radius 1 is 1.12 bits per heavy atom. The molecule has 4 nitrogen and oxygen atoms in total. The molecule has 1 N–H and O–H groups in total. The van der Waals surface area contributed by atoms with Gasteiger partial charge in [0, 0.05) is 16.1 Å². The van der Waals surface area contributed by atoms with E-state index >= 15 is 0 Å². The third-order valence-corrected chi connectivity index (χ3v) is 3.84. The average molecular weight is 378 g/mol. The van der Waals surface area contributed by atoms with Gasteiger partial charge in [-0.3, -0.25) is 4.79 Å². The van der Waals surface area contributed by atoms with E-state index in [-0.39, 0.29) is 18.6 Å². The number of hydrogen-bond donors (Lipinski definition) is 1. The van der Waals surface area contributed by atoms with Crippen molar-refractivity contribution in [2.75, 3.05) is 6.61 Å². The molecule has 0 unspecified atom stereocenters. The van der Waals surface area contributed by atoms with Crippen molar-refractivity contribution in [1.29, 1.82) is 0 Å². The second-order valence-electron chi connectivity index (χ2n) is 5.34. The second-order valence-corrected chi connectivity index (χ2v) is 6.21. The summed E-state index contributed by atoms with van der Waals surface area (Å²) in [6.07, 6.45) is 2.82. The van der Waals surface area contributed by atoms with Gasteiger partial charge in [-0.1, -0.05) is 47.5 Å². The van der Waals surface area contributed by atoms with Crippen LogP contribution in [0.4, 0.5) is 0 Å². The highest BCUT2D eigenvalue weighted by Crippen LogP contribution is 2.16. The highest BCUT2D eigenvalue weighted by molar-refractivity contribution is 6.30. The Hall–Kier alpha value is -2.30. The van der Waals surface area contributed by atoms with E-state index in [2.05, 4.69) is 5.32 Å². The molecule has 25 heavy (non-hydrogen) atoms. The molecule has 1 amide bonds. The van der Waals surface area contributed by atoms with Crippen LogP contribution in [-0.4, -0.2) is 18.5 Å². The van der Waals surface area contributed by atoms with Crippen LogP contribution >= 0.6 is 23.2 Å². The maximum atomic E-state index is 11.9. The lowest BCUT2D eigenvalue weighted by Crippen LogP contribution is -2.30. The van der Waals surface area contributed by atoms with E-state index in [1.807, 2.05) is 19.1 Å². The fraction of sp³-hybridized carbons (Fsp3) is 0.158. The van der Waals surface area contributed by atoms with Crippen molar-refractivity contribution >= 4 is 41.2 Å². The number of nitrogens with one attached hydrogen (secondary N) is 1. The third kappa shape index (κ3) is 6.61. The van der Waals surface area contributed by atoms with Gasteiger partial charge >= 0.3 is 5.97 Å². The predicted molar refractivity (Wildman–Crippen MR) is 99.5 cm³/mol. The minimum atomic E-state index is -0.603. The maximum Gasteiger partial charge on any atom is 0.331 e. The van der Waals surface area contributed by atoms with Crippen molar-refractivity contribution in [3.05, 3.63) is 75.8 Å². The number of esters is 1. The predicted octanol–water partition coefficient (Wildman–Crippen LogP) is 4.43. The molecular formula is C19H17Cl2NO3. The Morgan fingerprint density at radius 2 is 1.84 bits per heavy atom. The number of carbonyl (C=O) groups is 2. The number of hydrogen-bond acceptors (Lipinski definition) is 3. The molecule has 0 saturated carbocycles. The first-order chi connectivity index (χ1) is 11.9. The Kier molecular flexibility index (Phi) is 7.04. The Morgan fingerprint density at radius 3 is 2.52 bits per heavy atom. The summed E-state index contributed by atoms with van der Waals surface area (Å²) in [7, 11) is 0. The molecule has 0 fully saturated rings. The monoisotopic (exact) mass is 377 g/mol. The van der Waals surface area contributed by atoms with E-state index in [0.29, 0.717) is 10.0 Å². The van der Waals surface area contributed by atoms with Crippen molar-refractivity contribution in [1.82, 2.24) is 5.32 Å². The summed E-state index contributed by atoms with van der Waals surface area (Å²) >= 11 is 11.7. The Bertz CT molecular complexity index is 772. The Balaban J connectivity index is 1.79. The first kappa shape index (κ1) is 19.0. The normalized spacial score (nSPS) is 12.0. The topological polar surface area (TPSA) is 55.4 Å². The number of carbonyl (C=O) groups excluding carboxylic acids is 2. The van der Waals surface area contributed by atoms with E-state index in [1.54, 1.807) is 42.5 Å². The number of halogens is 2. The van der Waals surface area contributed by atoms with Crippen molar-refractivity contribution in [2.45, 2.75) is 13.0 Å². The zero-order valence-corrected chi connectivity index (χ0v) is 15.1. The lowest BCUT2D eigenvalue weighted by molar-refractivity contribution is -0.144. The van der Waals surface area contributed by atoms with Crippen LogP contribution in [0.15, 0.2) is 54.6 Å². The van der Waals surface area contributed by atoms with Crippen LogP contribution in [-0.2, 0) is 14.3 Å². The summed E-state index contributed by atoms with van der Waals surface area (Å²) in [5.74, 6) is -0.985. The smallest absolute Gasteiger partial charge is 0.331 e.